The lowest BCUT2D eigenvalue weighted by atomic mass is 10.0. The van der Waals surface area contributed by atoms with Gasteiger partial charge >= 0.3 is 0 Å². The van der Waals surface area contributed by atoms with Crippen LogP contribution in [0.4, 0.5) is 0 Å². The summed E-state index contributed by atoms with van der Waals surface area (Å²) < 4.78 is 0. The molecule has 0 radical (unpaired) electrons. The summed E-state index contributed by atoms with van der Waals surface area (Å²) >= 11 is 0. The second kappa shape index (κ2) is 5.53. The molecule has 1 saturated carbocycles. The van der Waals surface area contributed by atoms with Gasteiger partial charge in [-0.1, -0.05) is 36.6 Å². The van der Waals surface area contributed by atoms with Crippen molar-refractivity contribution in [3.63, 3.8) is 0 Å². The van der Waals surface area contributed by atoms with E-state index in [1.54, 1.807) is 0 Å². The fourth-order valence-corrected chi connectivity index (χ4v) is 2.62. The van der Waals surface area contributed by atoms with Crippen LogP contribution >= 0.6 is 0 Å². The minimum atomic E-state index is -1.05. The van der Waals surface area contributed by atoms with Crippen LogP contribution in [0.5, 0.6) is 0 Å². The van der Waals surface area contributed by atoms with Crippen LogP contribution in [0.3, 0.4) is 0 Å². The molecule has 0 aromatic heterocycles. The van der Waals surface area contributed by atoms with Gasteiger partial charge in [0.25, 0.3) is 5.91 Å². The lowest BCUT2D eigenvalue weighted by Gasteiger charge is -2.17. The minimum absolute atomic E-state index is 0.248. The van der Waals surface area contributed by atoms with E-state index in [1.807, 2.05) is 32.0 Å². The molecule has 1 unspecified atom stereocenters. The number of hydrogen-bond acceptors (Lipinski definition) is 2. The molecule has 0 aliphatic heterocycles. The Labute approximate surface area is 108 Å². The maximum Gasteiger partial charge on any atom is 0.253 e. The Morgan fingerprint density at radius 3 is 2.61 bits per heavy atom. The normalized spacial score (nSPS) is 17.7. The fraction of sp³-hybridized carbons (Fsp3) is 0.533. The van der Waals surface area contributed by atoms with Gasteiger partial charge in [-0.3, -0.25) is 4.79 Å². The predicted octanol–water partition coefficient (Wildman–Crippen LogP) is 2.40. The molecule has 18 heavy (non-hydrogen) atoms. The Balaban J connectivity index is 2.05. The number of hydrogen-bond donors (Lipinski definition) is 2. The number of carbonyl (C=O) groups is 1. The van der Waals surface area contributed by atoms with Gasteiger partial charge in [0.2, 0.25) is 0 Å². The highest BCUT2D eigenvalue weighted by atomic mass is 16.3. The highest BCUT2D eigenvalue weighted by molar-refractivity contribution is 5.82. The first-order valence-electron chi connectivity index (χ1n) is 6.63. The molecule has 0 saturated heterocycles. The summed E-state index contributed by atoms with van der Waals surface area (Å²) in [6.45, 7) is 3.93. The largest absolute Gasteiger partial charge is 0.378 e. The fourth-order valence-electron chi connectivity index (χ4n) is 2.62. The SMILES string of the molecule is Cc1ccc(C(O)C(=O)NC2CCCC2)c(C)c1. The van der Waals surface area contributed by atoms with Crippen molar-refractivity contribution in [1.29, 1.82) is 0 Å². The number of nitrogens with one attached hydrogen (secondary N) is 1. The lowest BCUT2D eigenvalue weighted by Crippen LogP contribution is -2.36. The highest BCUT2D eigenvalue weighted by Crippen LogP contribution is 2.22. The molecule has 98 valence electrons. The van der Waals surface area contributed by atoms with E-state index in [-0.39, 0.29) is 11.9 Å². The topological polar surface area (TPSA) is 49.3 Å². The van der Waals surface area contributed by atoms with Crippen LogP contribution < -0.4 is 5.32 Å². The minimum Gasteiger partial charge on any atom is -0.378 e. The van der Waals surface area contributed by atoms with Gasteiger partial charge in [0.15, 0.2) is 6.10 Å². The zero-order valence-corrected chi connectivity index (χ0v) is 11.1. The maximum atomic E-state index is 12.0. The first-order valence-corrected chi connectivity index (χ1v) is 6.63. The van der Waals surface area contributed by atoms with Gasteiger partial charge in [-0.2, -0.15) is 0 Å². The van der Waals surface area contributed by atoms with Crippen LogP contribution in [0.1, 0.15) is 48.5 Å². The van der Waals surface area contributed by atoms with Crippen molar-refractivity contribution in [2.24, 2.45) is 0 Å². The van der Waals surface area contributed by atoms with Crippen molar-refractivity contribution in [1.82, 2.24) is 5.32 Å². The molecular weight excluding hydrogens is 226 g/mol. The lowest BCUT2D eigenvalue weighted by molar-refractivity contribution is -0.130. The van der Waals surface area contributed by atoms with E-state index in [0.717, 1.165) is 24.0 Å². The van der Waals surface area contributed by atoms with Crippen molar-refractivity contribution in [2.75, 3.05) is 0 Å². The van der Waals surface area contributed by atoms with Gasteiger partial charge in [-0.05, 0) is 37.8 Å². The summed E-state index contributed by atoms with van der Waals surface area (Å²) in [5, 5.41) is 13.0. The number of rotatable bonds is 3. The Morgan fingerprint density at radius 2 is 2.00 bits per heavy atom. The van der Waals surface area contributed by atoms with Crippen LogP contribution in [0.2, 0.25) is 0 Å². The molecule has 1 fully saturated rings. The Kier molecular flexibility index (Phi) is 4.02. The third-order valence-corrected chi connectivity index (χ3v) is 3.67. The van der Waals surface area contributed by atoms with Crippen LogP contribution in [0.15, 0.2) is 18.2 Å². The number of aliphatic hydroxyl groups excluding tert-OH is 1. The van der Waals surface area contributed by atoms with Crippen molar-refractivity contribution >= 4 is 5.91 Å². The van der Waals surface area contributed by atoms with Crippen molar-refractivity contribution in [3.8, 4) is 0 Å². The smallest absolute Gasteiger partial charge is 0.253 e. The summed E-state index contributed by atoms with van der Waals surface area (Å²) in [7, 11) is 0. The van der Waals surface area contributed by atoms with Crippen molar-refractivity contribution in [2.45, 2.75) is 51.7 Å². The van der Waals surface area contributed by atoms with Gasteiger partial charge in [0.05, 0.1) is 0 Å². The van der Waals surface area contributed by atoms with Gasteiger partial charge < -0.3 is 10.4 Å². The van der Waals surface area contributed by atoms with Crippen LogP contribution in [0.25, 0.3) is 0 Å². The average molecular weight is 247 g/mol. The Bertz CT molecular complexity index is 436. The third-order valence-electron chi connectivity index (χ3n) is 3.67. The maximum absolute atomic E-state index is 12.0. The van der Waals surface area contributed by atoms with Crippen LogP contribution in [-0.2, 0) is 4.79 Å². The molecule has 1 amide bonds. The molecule has 2 N–H and O–H groups in total. The molecule has 1 aliphatic carbocycles. The molecule has 3 nitrogen and oxygen atoms in total. The van der Waals surface area contributed by atoms with Crippen LogP contribution in [-0.4, -0.2) is 17.1 Å². The van der Waals surface area contributed by atoms with E-state index in [0.29, 0.717) is 5.56 Å². The second-order valence-electron chi connectivity index (χ2n) is 5.25. The highest BCUT2D eigenvalue weighted by Gasteiger charge is 2.23. The number of amides is 1. The summed E-state index contributed by atoms with van der Waals surface area (Å²) in [6.07, 6.45) is 3.36. The first kappa shape index (κ1) is 13.1. The molecule has 0 bridgehead atoms. The molecule has 0 heterocycles. The molecule has 1 aliphatic rings. The van der Waals surface area contributed by atoms with Crippen molar-refractivity contribution < 1.29 is 9.90 Å². The van der Waals surface area contributed by atoms with E-state index >= 15 is 0 Å². The molecule has 2 rings (SSSR count). The number of benzene rings is 1. The Morgan fingerprint density at radius 1 is 1.33 bits per heavy atom. The standard InChI is InChI=1S/C15H21NO2/c1-10-7-8-13(11(2)9-10)14(17)15(18)16-12-5-3-4-6-12/h7-9,12,14,17H,3-6H2,1-2H3,(H,16,18). The summed E-state index contributed by atoms with van der Waals surface area (Å²) in [5.41, 5.74) is 2.81. The van der Waals surface area contributed by atoms with Gasteiger partial charge in [0, 0.05) is 6.04 Å². The molecule has 0 spiro atoms. The zero-order valence-electron chi connectivity index (χ0n) is 11.1. The van der Waals surface area contributed by atoms with E-state index in [9.17, 15) is 9.90 Å². The number of aliphatic hydroxyl groups is 1. The second-order valence-corrected chi connectivity index (χ2v) is 5.25. The van der Waals surface area contributed by atoms with E-state index in [2.05, 4.69) is 5.32 Å². The molecule has 1 atom stereocenters. The average Bonchev–Trinajstić information content (AvgIpc) is 2.81. The molecule has 3 heteroatoms. The third kappa shape index (κ3) is 2.91. The van der Waals surface area contributed by atoms with Crippen molar-refractivity contribution in [3.05, 3.63) is 34.9 Å². The molecule has 1 aromatic rings. The monoisotopic (exact) mass is 247 g/mol. The van der Waals surface area contributed by atoms with Gasteiger partial charge in [0.1, 0.15) is 0 Å². The van der Waals surface area contributed by atoms with Gasteiger partial charge in [-0.25, -0.2) is 0 Å². The molecule has 1 aromatic carbocycles. The number of carbonyl (C=O) groups excluding carboxylic acids is 1. The van der Waals surface area contributed by atoms with E-state index in [1.165, 1.54) is 12.8 Å². The quantitative estimate of drug-likeness (QED) is 0.861. The number of aryl methyl sites for hydroxylation is 2. The zero-order chi connectivity index (χ0) is 13.1. The molecular formula is C15H21NO2. The summed E-state index contributed by atoms with van der Waals surface area (Å²) in [6, 6.07) is 6.00. The van der Waals surface area contributed by atoms with Gasteiger partial charge in [-0.15, -0.1) is 0 Å². The van der Waals surface area contributed by atoms with E-state index < -0.39 is 6.10 Å². The summed E-state index contributed by atoms with van der Waals surface area (Å²) in [5.74, 6) is -0.270. The predicted molar refractivity (Wildman–Crippen MR) is 71.3 cm³/mol. The first-order chi connectivity index (χ1) is 8.58. The Hall–Kier alpha value is -1.35. The van der Waals surface area contributed by atoms with Crippen LogP contribution in [0, 0.1) is 13.8 Å². The van der Waals surface area contributed by atoms with E-state index in [4.69, 9.17) is 0 Å². The summed E-state index contributed by atoms with van der Waals surface area (Å²) in [4.78, 5) is 12.0.